The Hall–Kier alpha value is -0.630. The number of aliphatic hydroxyl groups is 1. The molecule has 0 bridgehead atoms. The Kier molecular flexibility index (Phi) is 4.93. The van der Waals surface area contributed by atoms with Gasteiger partial charge in [-0.3, -0.25) is 0 Å². The van der Waals surface area contributed by atoms with Crippen molar-refractivity contribution in [2.45, 2.75) is 30.9 Å². The van der Waals surface area contributed by atoms with Crippen molar-refractivity contribution in [2.75, 3.05) is 6.54 Å². The number of hydrogen-bond donors (Lipinski definition) is 2. The Morgan fingerprint density at radius 3 is 2.76 bits per heavy atom. The molecular weight excluding hydrogens is 266 g/mol. The molecule has 98 valence electrons. The number of rotatable bonds is 6. The van der Waals surface area contributed by atoms with Crippen LogP contribution in [0.3, 0.4) is 0 Å². The van der Waals surface area contributed by atoms with Gasteiger partial charge in [0.15, 0.2) is 5.03 Å². The number of aromatic nitrogens is 2. The van der Waals surface area contributed by atoms with Crippen molar-refractivity contribution in [1.82, 2.24) is 14.3 Å². The van der Waals surface area contributed by atoms with Gasteiger partial charge in [-0.15, -0.1) is 0 Å². The largest absolute Gasteiger partial charge is 0.393 e. The lowest BCUT2D eigenvalue weighted by atomic mass is 10.2. The molecule has 1 aromatic rings. The number of hydrogen-bond acceptors (Lipinski definition) is 4. The zero-order valence-corrected chi connectivity index (χ0v) is 11.3. The van der Waals surface area contributed by atoms with Gasteiger partial charge in [0.2, 0.25) is 5.28 Å². The molecule has 1 unspecified atom stereocenters. The molecule has 1 heterocycles. The van der Waals surface area contributed by atoms with E-state index in [4.69, 9.17) is 11.6 Å². The average molecular weight is 282 g/mol. The first-order valence-corrected chi connectivity index (χ1v) is 7.09. The molecular formula is C9H16ClN3O3S. The minimum absolute atomic E-state index is 0.110. The van der Waals surface area contributed by atoms with Crippen LogP contribution in [0.15, 0.2) is 11.2 Å². The van der Waals surface area contributed by atoms with E-state index in [1.54, 1.807) is 7.05 Å². The van der Waals surface area contributed by atoms with Crippen LogP contribution in [0.4, 0.5) is 0 Å². The van der Waals surface area contributed by atoms with Crippen molar-refractivity contribution in [1.29, 1.82) is 0 Å². The summed E-state index contributed by atoms with van der Waals surface area (Å²) in [6, 6.07) is 0. The van der Waals surface area contributed by atoms with Crippen LogP contribution in [0, 0.1) is 0 Å². The molecule has 0 saturated carbocycles. The summed E-state index contributed by atoms with van der Waals surface area (Å²) in [5.41, 5.74) is 0. The summed E-state index contributed by atoms with van der Waals surface area (Å²) >= 11 is 5.66. The zero-order chi connectivity index (χ0) is 13.1. The highest BCUT2D eigenvalue weighted by Gasteiger charge is 2.18. The number of aryl methyl sites for hydroxylation is 1. The summed E-state index contributed by atoms with van der Waals surface area (Å²) in [6.07, 6.45) is 1.80. The fourth-order valence-electron chi connectivity index (χ4n) is 1.19. The minimum atomic E-state index is -3.64. The highest BCUT2D eigenvalue weighted by molar-refractivity contribution is 7.89. The first-order chi connectivity index (χ1) is 7.86. The first kappa shape index (κ1) is 14.4. The molecule has 0 saturated heterocycles. The van der Waals surface area contributed by atoms with Gasteiger partial charge in [0.1, 0.15) is 0 Å². The van der Waals surface area contributed by atoms with Gasteiger partial charge in [0, 0.05) is 19.8 Å². The summed E-state index contributed by atoms with van der Waals surface area (Å²) in [7, 11) is -2.04. The molecule has 0 amide bonds. The van der Waals surface area contributed by atoms with Gasteiger partial charge in [-0.05, 0) is 24.4 Å². The average Bonchev–Trinajstić information content (AvgIpc) is 2.59. The van der Waals surface area contributed by atoms with Crippen molar-refractivity contribution < 1.29 is 13.5 Å². The van der Waals surface area contributed by atoms with Crippen molar-refractivity contribution in [3.8, 4) is 0 Å². The molecule has 1 rings (SSSR count). The fourth-order valence-corrected chi connectivity index (χ4v) is 2.41. The Labute approximate surface area is 106 Å². The first-order valence-electron chi connectivity index (χ1n) is 5.23. The third-order valence-corrected chi connectivity index (χ3v) is 4.00. The Balaban J connectivity index is 2.63. The van der Waals surface area contributed by atoms with Crippen LogP contribution >= 0.6 is 11.6 Å². The van der Waals surface area contributed by atoms with E-state index in [2.05, 4.69) is 9.71 Å². The molecule has 0 aliphatic carbocycles. The Morgan fingerprint density at radius 1 is 1.65 bits per heavy atom. The second-order valence-electron chi connectivity index (χ2n) is 3.71. The van der Waals surface area contributed by atoms with Crippen LogP contribution in [0.25, 0.3) is 0 Å². The number of aliphatic hydroxyl groups excluding tert-OH is 1. The number of nitrogens with one attached hydrogen (secondary N) is 1. The highest BCUT2D eigenvalue weighted by Crippen LogP contribution is 2.12. The van der Waals surface area contributed by atoms with Gasteiger partial charge in [-0.25, -0.2) is 18.1 Å². The van der Waals surface area contributed by atoms with Crippen LogP contribution in [-0.2, 0) is 17.1 Å². The van der Waals surface area contributed by atoms with E-state index >= 15 is 0 Å². The maximum Gasteiger partial charge on any atom is 0.259 e. The van der Waals surface area contributed by atoms with E-state index in [1.165, 1.54) is 10.8 Å². The predicted octanol–water partition coefficient (Wildman–Crippen LogP) is 0.513. The molecule has 0 fully saturated rings. The molecule has 6 nitrogen and oxygen atoms in total. The molecule has 0 aliphatic rings. The normalized spacial score (nSPS) is 13.9. The maximum atomic E-state index is 11.7. The molecule has 0 radical (unpaired) electrons. The van der Waals surface area contributed by atoms with Crippen LogP contribution in [0.5, 0.6) is 0 Å². The van der Waals surface area contributed by atoms with Crippen molar-refractivity contribution in [3.63, 3.8) is 0 Å². The fraction of sp³-hybridized carbons (Fsp3) is 0.667. The van der Waals surface area contributed by atoms with Crippen LogP contribution in [0.2, 0.25) is 5.28 Å². The molecule has 8 heteroatoms. The van der Waals surface area contributed by atoms with Crippen molar-refractivity contribution in [3.05, 3.63) is 11.5 Å². The maximum absolute atomic E-state index is 11.7. The second kappa shape index (κ2) is 5.81. The topological polar surface area (TPSA) is 84.2 Å². The van der Waals surface area contributed by atoms with E-state index in [9.17, 15) is 13.5 Å². The third kappa shape index (κ3) is 3.95. The lowest BCUT2D eigenvalue weighted by Crippen LogP contribution is -2.27. The lowest BCUT2D eigenvalue weighted by Gasteiger charge is -2.07. The van der Waals surface area contributed by atoms with Crippen LogP contribution in [-0.4, -0.2) is 35.7 Å². The standard InChI is InChI=1S/C9H16ClN3O3S/c1-3-7(14)4-5-11-17(15,16)8-6-13(2)9(10)12-8/h6-7,11,14H,3-5H2,1-2H3. The Bertz CT molecular complexity index is 452. The van der Waals surface area contributed by atoms with E-state index in [-0.39, 0.29) is 16.9 Å². The van der Waals surface area contributed by atoms with E-state index < -0.39 is 16.1 Å². The van der Waals surface area contributed by atoms with Crippen molar-refractivity contribution >= 4 is 21.6 Å². The van der Waals surface area contributed by atoms with Crippen LogP contribution < -0.4 is 4.72 Å². The monoisotopic (exact) mass is 281 g/mol. The van der Waals surface area contributed by atoms with Gasteiger partial charge < -0.3 is 9.67 Å². The van der Waals surface area contributed by atoms with E-state index in [0.717, 1.165) is 0 Å². The highest BCUT2D eigenvalue weighted by atomic mass is 35.5. The number of halogens is 1. The smallest absolute Gasteiger partial charge is 0.259 e. The molecule has 17 heavy (non-hydrogen) atoms. The van der Waals surface area contributed by atoms with E-state index in [1.807, 2.05) is 6.92 Å². The minimum Gasteiger partial charge on any atom is -0.393 e. The summed E-state index contributed by atoms with van der Waals surface area (Å²) < 4.78 is 27.3. The SMILES string of the molecule is CCC(O)CCNS(=O)(=O)c1cn(C)c(Cl)n1. The third-order valence-electron chi connectivity index (χ3n) is 2.31. The van der Waals surface area contributed by atoms with Gasteiger partial charge in [-0.2, -0.15) is 0 Å². The zero-order valence-electron chi connectivity index (χ0n) is 9.72. The Morgan fingerprint density at radius 2 is 2.29 bits per heavy atom. The summed E-state index contributed by atoms with van der Waals surface area (Å²) in [5.74, 6) is 0. The van der Waals surface area contributed by atoms with Crippen molar-refractivity contribution in [2.24, 2.45) is 7.05 Å². The van der Waals surface area contributed by atoms with Gasteiger partial charge in [0.25, 0.3) is 10.0 Å². The van der Waals surface area contributed by atoms with Gasteiger partial charge in [0.05, 0.1) is 6.10 Å². The predicted molar refractivity (Wildman–Crippen MR) is 64.3 cm³/mol. The quantitative estimate of drug-likeness (QED) is 0.796. The number of sulfonamides is 1. The van der Waals surface area contributed by atoms with Gasteiger partial charge in [-0.1, -0.05) is 6.92 Å². The molecule has 0 aromatic carbocycles. The summed E-state index contributed by atoms with van der Waals surface area (Å²) in [4.78, 5) is 3.72. The summed E-state index contributed by atoms with van der Waals surface area (Å²) in [6.45, 7) is 2.00. The number of nitrogens with zero attached hydrogens (tertiary/aromatic N) is 2. The van der Waals surface area contributed by atoms with E-state index in [0.29, 0.717) is 12.8 Å². The molecule has 1 atom stereocenters. The second-order valence-corrected chi connectivity index (χ2v) is 5.76. The lowest BCUT2D eigenvalue weighted by molar-refractivity contribution is 0.162. The van der Waals surface area contributed by atoms with Gasteiger partial charge >= 0.3 is 0 Å². The van der Waals surface area contributed by atoms with Crippen LogP contribution in [0.1, 0.15) is 19.8 Å². The molecule has 0 spiro atoms. The molecule has 2 N–H and O–H groups in total. The molecule has 0 aliphatic heterocycles. The summed E-state index contributed by atoms with van der Waals surface area (Å²) in [5, 5.41) is 9.29. The molecule has 1 aromatic heterocycles. The number of imidazole rings is 1.